The minimum absolute atomic E-state index is 0.145. The Hall–Kier alpha value is -6.04. The molecule has 0 spiro atoms. The summed E-state index contributed by atoms with van der Waals surface area (Å²) in [5.41, 5.74) is 13.7. The molecule has 0 bridgehead atoms. The fourth-order valence-electron chi connectivity index (χ4n) is 7.82. The van der Waals surface area contributed by atoms with Crippen molar-refractivity contribution >= 4 is 24.3 Å². The van der Waals surface area contributed by atoms with E-state index in [1.54, 1.807) is 0 Å². The first-order valence-electron chi connectivity index (χ1n) is 20.3. The van der Waals surface area contributed by atoms with E-state index >= 15 is 0 Å². The average molecular weight is 776 g/mol. The topological polar surface area (TPSA) is 50.9 Å². The predicted molar refractivity (Wildman–Crippen MR) is 248 cm³/mol. The van der Waals surface area contributed by atoms with Crippen LogP contribution in [-0.4, -0.2) is 27.7 Å². The van der Waals surface area contributed by atoms with Crippen LogP contribution in [0.5, 0.6) is 5.75 Å². The molecule has 8 aromatic rings. The van der Waals surface area contributed by atoms with E-state index in [2.05, 4.69) is 205 Å². The van der Waals surface area contributed by atoms with Gasteiger partial charge in [0.25, 0.3) is 0 Å². The summed E-state index contributed by atoms with van der Waals surface area (Å²) in [6.45, 7) is 20.3. The highest BCUT2D eigenvalue weighted by Crippen LogP contribution is 2.45. The summed E-state index contributed by atoms with van der Waals surface area (Å²) >= 11 is 0. The van der Waals surface area contributed by atoms with Crippen molar-refractivity contribution in [1.82, 2.24) is 14.5 Å². The molecule has 0 fully saturated rings. The van der Waals surface area contributed by atoms with Gasteiger partial charge in [-0.2, -0.15) is 0 Å². The SMILES string of the molecule is CC(C)(C)c1cc(-c2nc3c(-c4cc(-c5ccccc5)cc(-c5cc(-c6ccc([Si](C)(C)C)cc6)ccn5)c4)cccc3n2-c2ccccc2)c(O)c(C(C)(C)C)c1. The van der Waals surface area contributed by atoms with Crippen LogP contribution < -0.4 is 5.19 Å². The van der Waals surface area contributed by atoms with E-state index in [-0.39, 0.29) is 16.6 Å². The van der Waals surface area contributed by atoms with E-state index in [9.17, 15) is 5.11 Å². The van der Waals surface area contributed by atoms with Gasteiger partial charge in [-0.05, 0) is 98.8 Å². The molecular weight excluding hydrogens is 723 g/mol. The van der Waals surface area contributed by atoms with Gasteiger partial charge in [-0.1, -0.05) is 157 Å². The summed E-state index contributed by atoms with van der Waals surface area (Å²) in [7, 11) is -1.41. The molecule has 1 N–H and O–H groups in total. The fourth-order valence-corrected chi connectivity index (χ4v) is 8.99. The van der Waals surface area contributed by atoms with Crippen LogP contribution in [0.15, 0.2) is 152 Å². The highest BCUT2D eigenvalue weighted by molar-refractivity contribution is 6.88. The zero-order chi connectivity index (χ0) is 41.0. The molecule has 4 nitrogen and oxygen atoms in total. The lowest BCUT2D eigenvalue weighted by Gasteiger charge is -2.27. The fraction of sp³-hybridized carbons (Fsp3) is 0.208. The van der Waals surface area contributed by atoms with Crippen LogP contribution >= 0.6 is 0 Å². The normalized spacial score (nSPS) is 12.3. The minimum atomic E-state index is -1.41. The van der Waals surface area contributed by atoms with Gasteiger partial charge in [0, 0.05) is 28.6 Å². The molecule has 2 heterocycles. The van der Waals surface area contributed by atoms with Crippen LogP contribution in [0.25, 0.3) is 72.7 Å². The van der Waals surface area contributed by atoms with E-state index in [1.165, 1.54) is 10.8 Å². The van der Waals surface area contributed by atoms with Crippen molar-refractivity contribution in [3.8, 4) is 67.5 Å². The highest BCUT2D eigenvalue weighted by atomic mass is 28.3. The van der Waals surface area contributed by atoms with Crippen molar-refractivity contribution < 1.29 is 5.11 Å². The summed E-state index contributed by atoms with van der Waals surface area (Å²) in [5.74, 6) is 0.973. The second kappa shape index (κ2) is 14.7. The summed E-state index contributed by atoms with van der Waals surface area (Å²) in [4.78, 5) is 10.5. The van der Waals surface area contributed by atoms with E-state index < -0.39 is 8.07 Å². The number of nitrogens with zero attached hydrogens (tertiary/aromatic N) is 3. The second-order valence-corrected chi connectivity index (χ2v) is 23.7. The molecule has 0 unspecified atom stereocenters. The third-order valence-electron chi connectivity index (χ3n) is 11.2. The number of benzene rings is 6. The average Bonchev–Trinajstić information content (AvgIpc) is 3.60. The van der Waals surface area contributed by atoms with Gasteiger partial charge in [0.1, 0.15) is 11.6 Å². The van der Waals surface area contributed by atoms with Gasteiger partial charge < -0.3 is 5.11 Å². The molecule has 2 aromatic heterocycles. The van der Waals surface area contributed by atoms with Crippen LogP contribution in [0.3, 0.4) is 0 Å². The maximum atomic E-state index is 12.2. The Labute approximate surface area is 345 Å². The lowest BCUT2D eigenvalue weighted by atomic mass is 9.79. The summed E-state index contributed by atoms with van der Waals surface area (Å²) in [5, 5.41) is 13.6. The van der Waals surface area contributed by atoms with E-state index in [1.807, 2.05) is 12.3 Å². The quantitative estimate of drug-likeness (QED) is 0.164. The molecule has 6 aromatic carbocycles. The first kappa shape index (κ1) is 38.8. The number of phenolic OH excluding ortho intramolecular Hbond substituents is 1. The van der Waals surface area contributed by atoms with Gasteiger partial charge in [0.05, 0.1) is 30.4 Å². The monoisotopic (exact) mass is 775 g/mol. The Morgan fingerprint density at radius 2 is 1.17 bits per heavy atom. The number of phenols is 1. The number of fused-ring (bicyclic) bond motifs is 1. The summed E-state index contributed by atoms with van der Waals surface area (Å²) in [6.07, 6.45) is 1.92. The third-order valence-corrected chi connectivity index (χ3v) is 13.3. The van der Waals surface area contributed by atoms with Crippen LogP contribution in [0.1, 0.15) is 52.7 Å². The second-order valence-electron chi connectivity index (χ2n) is 18.6. The number of rotatable bonds is 7. The van der Waals surface area contributed by atoms with Gasteiger partial charge in [-0.3, -0.25) is 9.55 Å². The molecule has 0 atom stereocenters. The Morgan fingerprint density at radius 3 is 1.83 bits per heavy atom. The number of hydrogen-bond donors (Lipinski definition) is 1. The number of imidazole rings is 1. The highest BCUT2D eigenvalue weighted by Gasteiger charge is 2.28. The van der Waals surface area contributed by atoms with Crippen molar-refractivity contribution in [3.05, 3.63) is 163 Å². The molecule has 5 heteroatoms. The summed E-state index contributed by atoms with van der Waals surface area (Å²) in [6, 6.07) is 51.8. The number of aromatic nitrogens is 3. The van der Waals surface area contributed by atoms with Crippen LogP contribution in [0.4, 0.5) is 0 Å². The predicted octanol–water partition coefficient (Wildman–Crippen LogP) is 13.6. The molecule has 0 amide bonds. The molecule has 0 aliphatic heterocycles. The van der Waals surface area contributed by atoms with Crippen molar-refractivity contribution in [2.24, 2.45) is 0 Å². The van der Waals surface area contributed by atoms with Crippen molar-refractivity contribution in [2.45, 2.75) is 72.0 Å². The molecule has 0 radical (unpaired) electrons. The Morgan fingerprint density at radius 1 is 0.534 bits per heavy atom. The Balaban J connectivity index is 1.36. The van der Waals surface area contributed by atoms with Gasteiger partial charge in [-0.15, -0.1) is 0 Å². The molecule has 0 aliphatic rings. The van der Waals surface area contributed by atoms with E-state index in [0.29, 0.717) is 5.82 Å². The van der Waals surface area contributed by atoms with Gasteiger partial charge in [0.2, 0.25) is 0 Å². The van der Waals surface area contributed by atoms with Gasteiger partial charge in [0.15, 0.2) is 0 Å². The Bertz CT molecular complexity index is 2760. The number of aromatic hydroxyl groups is 1. The molecule has 0 aliphatic carbocycles. The van der Waals surface area contributed by atoms with Gasteiger partial charge >= 0.3 is 0 Å². The zero-order valence-electron chi connectivity index (χ0n) is 35.2. The maximum Gasteiger partial charge on any atom is 0.149 e. The third kappa shape index (κ3) is 7.55. The van der Waals surface area contributed by atoms with Crippen molar-refractivity contribution in [2.75, 3.05) is 0 Å². The number of para-hydroxylation sites is 2. The lowest BCUT2D eigenvalue weighted by Crippen LogP contribution is -2.37. The largest absolute Gasteiger partial charge is 0.507 e. The molecular formula is C53H53N3OSi. The van der Waals surface area contributed by atoms with Crippen LogP contribution in [-0.2, 0) is 10.8 Å². The smallest absolute Gasteiger partial charge is 0.149 e. The minimum Gasteiger partial charge on any atom is -0.507 e. The van der Waals surface area contributed by atoms with Crippen LogP contribution in [0, 0.1) is 0 Å². The maximum absolute atomic E-state index is 12.2. The molecule has 0 saturated carbocycles. The molecule has 0 saturated heterocycles. The van der Waals surface area contributed by atoms with Gasteiger partial charge in [-0.25, -0.2) is 4.98 Å². The number of pyridine rings is 1. The van der Waals surface area contributed by atoms with Crippen molar-refractivity contribution in [1.29, 1.82) is 0 Å². The molecule has 58 heavy (non-hydrogen) atoms. The van der Waals surface area contributed by atoms with Crippen LogP contribution in [0.2, 0.25) is 19.6 Å². The lowest BCUT2D eigenvalue weighted by molar-refractivity contribution is 0.446. The van der Waals surface area contributed by atoms with E-state index in [4.69, 9.17) is 9.97 Å². The first-order chi connectivity index (χ1) is 27.6. The van der Waals surface area contributed by atoms with Crippen molar-refractivity contribution in [3.63, 3.8) is 0 Å². The Kier molecular flexibility index (Phi) is 9.85. The molecule has 290 valence electrons. The van der Waals surface area contributed by atoms with E-state index in [0.717, 1.165) is 72.5 Å². The standard InChI is InChI=1S/C53H53N3OSi/c1-52(2,3)41-33-45(50(57)46(34-41)53(4,5)6)51-55-49-44(21-16-22-48(49)56(51)42-19-14-11-15-20-42)39-29-38(35-17-12-10-13-18-35)30-40(31-39)47-32-37(27-28-54-47)36-23-25-43(26-24-36)58(7,8)9/h10-34,57H,1-9H3. The number of hydrogen-bond acceptors (Lipinski definition) is 3. The zero-order valence-corrected chi connectivity index (χ0v) is 36.2. The molecule has 8 rings (SSSR count). The summed E-state index contributed by atoms with van der Waals surface area (Å²) < 4.78 is 2.20. The first-order valence-corrected chi connectivity index (χ1v) is 23.8.